The molecule has 12 atom stereocenters. The number of carboxylic acid groups (broad SMARTS) is 1. The average molecular weight is 484 g/mol. The van der Waals surface area contributed by atoms with Crippen molar-refractivity contribution in [2.24, 2.45) is 5.73 Å². The van der Waals surface area contributed by atoms with Crippen LogP contribution in [0.4, 0.5) is 0 Å². The van der Waals surface area contributed by atoms with Crippen molar-refractivity contribution in [1.29, 1.82) is 0 Å². The second kappa shape index (κ2) is 11.8. The van der Waals surface area contributed by atoms with Gasteiger partial charge >= 0.3 is 5.97 Å². The highest BCUT2D eigenvalue weighted by molar-refractivity contribution is 5.74. The minimum Gasteiger partial charge on any atom is -0.480 e. The lowest BCUT2D eigenvalue weighted by atomic mass is 9.95. The summed E-state index contributed by atoms with van der Waals surface area (Å²) in [6.07, 6.45) is -15.3. The van der Waals surface area contributed by atoms with Crippen LogP contribution < -0.4 is 11.1 Å². The summed E-state index contributed by atoms with van der Waals surface area (Å²) in [5.41, 5.74) is 5.55. The Bertz CT molecular complexity index is 667. The number of aliphatic hydroxyl groups is 6. The van der Waals surface area contributed by atoms with Crippen LogP contribution in [0.1, 0.15) is 13.8 Å². The van der Waals surface area contributed by atoms with Crippen molar-refractivity contribution in [3.05, 3.63) is 0 Å². The van der Waals surface area contributed by atoms with Gasteiger partial charge in [0.25, 0.3) is 0 Å². The van der Waals surface area contributed by atoms with Gasteiger partial charge in [-0.25, -0.2) is 0 Å². The summed E-state index contributed by atoms with van der Waals surface area (Å²) in [6.45, 7) is 1.01. The van der Waals surface area contributed by atoms with Crippen molar-refractivity contribution in [3.8, 4) is 0 Å². The molecule has 2 aliphatic rings. The Balaban J connectivity index is 2.32. The Hall–Kier alpha value is -1.50. The van der Waals surface area contributed by atoms with Gasteiger partial charge in [-0.1, -0.05) is 0 Å². The van der Waals surface area contributed by atoms with E-state index in [-0.39, 0.29) is 0 Å². The fourth-order valence-electron chi connectivity index (χ4n) is 3.57. The molecule has 0 bridgehead atoms. The summed E-state index contributed by atoms with van der Waals surface area (Å²) in [7, 11) is 0. The molecule has 2 aliphatic heterocycles. The molecule has 2 rings (SSSR count). The van der Waals surface area contributed by atoms with Gasteiger partial charge in [0.1, 0.15) is 54.8 Å². The van der Waals surface area contributed by atoms with Gasteiger partial charge in [0, 0.05) is 6.92 Å². The highest BCUT2D eigenvalue weighted by Crippen LogP contribution is 2.30. The molecular formula is C18H32N2O13. The number of carbonyl (C=O) groups excluding carboxylic acids is 1. The second-order valence-corrected chi connectivity index (χ2v) is 7.95. The molecule has 0 aliphatic carbocycles. The van der Waals surface area contributed by atoms with Gasteiger partial charge in [-0.2, -0.15) is 0 Å². The zero-order valence-corrected chi connectivity index (χ0v) is 18.0. The monoisotopic (exact) mass is 484 g/mol. The zero-order valence-electron chi connectivity index (χ0n) is 18.0. The number of carbonyl (C=O) groups is 2. The normalized spacial score (nSPS) is 41.2. The third kappa shape index (κ3) is 6.34. The van der Waals surface area contributed by atoms with Crippen LogP contribution in [0.25, 0.3) is 0 Å². The van der Waals surface area contributed by atoms with Crippen molar-refractivity contribution in [2.75, 3.05) is 13.2 Å². The number of hydrogen-bond donors (Lipinski definition) is 9. The van der Waals surface area contributed by atoms with Crippen LogP contribution in [0.2, 0.25) is 0 Å². The molecular weight excluding hydrogens is 452 g/mol. The molecule has 0 aromatic heterocycles. The van der Waals surface area contributed by atoms with Crippen molar-refractivity contribution in [2.45, 2.75) is 87.3 Å². The number of nitrogens with two attached hydrogens (primary N) is 1. The predicted octanol–water partition coefficient (Wildman–Crippen LogP) is -5.43. The summed E-state index contributed by atoms with van der Waals surface area (Å²) >= 11 is 0. The van der Waals surface area contributed by atoms with Crippen molar-refractivity contribution >= 4 is 11.9 Å². The standard InChI is InChI=1S/C18H32N2O13/c1-5(9(19)16(28)29)30-17-10(20-6(2)23)15(12(25)8(4-22)31-17)33-18-14(27)13(26)11(24)7(3-21)32-18/h5,7-15,17-18,21-22,24-27H,3-4,19H2,1-2H3,(H,20,23)(H,28,29)/t5?,7-,8-,9?,10-,11+,12+,13+,14-,15-,17+,18+/m1/s1. The lowest BCUT2D eigenvalue weighted by Gasteiger charge is -2.47. The second-order valence-electron chi connectivity index (χ2n) is 7.95. The van der Waals surface area contributed by atoms with Crippen LogP contribution in [0.5, 0.6) is 0 Å². The molecule has 0 radical (unpaired) electrons. The van der Waals surface area contributed by atoms with Gasteiger partial charge in [0.2, 0.25) is 5.91 Å². The van der Waals surface area contributed by atoms with Gasteiger partial charge in [0.15, 0.2) is 12.6 Å². The number of aliphatic carboxylic acids is 1. The van der Waals surface area contributed by atoms with Gasteiger partial charge < -0.3 is 65.7 Å². The van der Waals surface area contributed by atoms with Crippen LogP contribution in [-0.4, -0.2) is 134 Å². The van der Waals surface area contributed by atoms with Crippen LogP contribution in [0, 0.1) is 0 Å². The smallest absolute Gasteiger partial charge is 0.323 e. The number of ether oxygens (including phenoxy) is 4. The van der Waals surface area contributed by atoms with E-state index in [0.717, 1.165) is 6.92 Å². The Labute approximate surface area is 188 Å². The minimum atomic E-state index is -1.82. The van der Waals surface area contributed by atoms with E-state index in [4.69, 9.17) is 29.8 Å². The maximum Gasteiger partial charge on any atom is 0.323 e. The first-order chi connectivity index (χ1) is 15.4. The highest BCUT2D eigenvalue weighted by Gasteiger charge is 2.52. The van der Waals surface area contributed by atoms with E-state index >= 15 is 0 Å². The van der Waals surface area contributed by atoms with Gasteiger partial charge in [-0.05, 0) is 6.92 Å². The first-order valence-electron chi connectivity index (χ1n) is 10.2. The third-order valence-electron chi connectivity index (χ3n) is 5.50. The first-order valence-corrected chi connectivity index (χ1v) is 10.2. The fraction of sp³-hybridized carbons (Fsp3) is 0.889. The van der Waals surface area contributed by atoms with Gasteiger partial charge in [-0.3, -0.25) is 9.59 Å². The number of aliphatic hydroxyl groups excluding tert-OH is 6. The maximum atomic E-state index is 11.8. The molecule has 192 valence electrons. The molecule has 2 saturated heterocycles. The SMILES string of the molecule is CC(=O)N[C@H]1[C@@H](OC(C)C(N)C(=O)O)O[C@H](CO)[C@H](O)[C@@H]1O[C@@H]1O[C@H](CO)[C@H](O)[C@H](O)[C@H]1O. The molecule has 0 aromatic rings. The summed E-state index contributed by atoms with van der Waals surface area (Å²) in [6, 6.07) is -2.80. The molecule has 15 heteroatoms. The van der Waals surface area contributed by atoms with E-state index in [1.165, 1.54) is 6.92 Å². The summed E-state index contributed by atoms with van der Waals surface area (Å²) in [5, 5.41) is 71.4. The Morgan fingerprint density at radius 3 is 2.03 bits per heavy atom. The summed E-state index contributed by atoms with van der Waals surface area (Å²) in [5.74, 6) is -1.99. The number of nitrogens with one attached hydrogen (secondary N) is 1. The topological polar surface area (TPSA) is 251 Å². The molecule has 0 saturated carbocycles. The largest absolute Gasteiger partial charge is 0.480 e. The molecule has 15 nitrogen and oxygen atoms in total. The Morgan fingerprint density at radius 1 is 0.970 bits per heavy atom. The summed E-state index contributed by atoms with van der Waals surface area (Å²) < 4.78 is 22.0. The van der Waals surface area contributed by atoms with Crippen molar-refractivity contribution in [1.82, 2.24) is 5.32 Å². The quantitative estimate of drug-likeness (QED) is 0.148. The lowest BCUT2D eigenvalue weighted by Crippen LogP contribution is -2.68. The number of amides is 1. The lowest BCUT2D eigenvalue weighted by molar-refractivity contribution is -0.347. The van der Waals surface area contributed by atoms with Crippen LogP contribution in [0.15, 0.2) is 0 Å². The molecule has 2 unspecified atom stereocenters. The van der Waals surface area contributed by atoms with Crippen LogP contribution >= 0.6 is 0 Å². The molecule has 0 spiro atoms. The molecule has 10 N–H and O–H groups in total. The summed E-state index contributed by atoms with van der Waals surface area (Å²) in [4.78, 5) is 23.0. The zero-order chi connectivity index (χ0) is 25.0. The molecule has 33 heavy (non-hydrogen) atoms. The average Bonchev–Trinajstić information content (AvgIpc) is 2.76. The number of carboxylic acids is 1. The van der Waals surface area contributed by atoms with E-state index < -0.39 is 98.6 Å². The Kier molecular flexibility index (Phi) is 9.89. The Morgan fingerprint density at radius 2 is 1.52 bits per heavy atom. The van der Waals surface area contributed by atoms with E-state index in [1.54, 1.807) is 0 Å². The maximum absolute atomic E-state index is 11.8. The third-order valence-corrected chi connectivity index (χ3v) is 5.50. The molecule has 1 amide bonds. The van der Waals surface area contributed by atoms with E-state index in [2.05, 4.69) is 5.32 Å². The molecule has 0 aromatic carbocycles. The van der Waals surface area contributed by atoms with Gasteiger partial charge in [-0.15, -0.1) is 0 Å². The van der Waals surface area contributed by atoms with Crippen LogP contribution in [0.3, 0.4) is 0 Å². The van der Waals surface area contributed by atoms with Crippen molar-refractivity contribution < 1.29 is 64.3 Å². The van der Waals surface area contributed by atoms with Gasteiger partial charge in [0.05, 0.1) is 19.3 Å². The minimum absolute atomic E-state index is 0.621. The molecule has 2 heterocycles. The van der Waals surface area contributed by atoms with E-state index in [1.807, 2.05) is 0 Å². The fourth-order valence-corrected chi connectivity index (χ4v) is 3.57. The predicted molar refractivity (Wildman–Crippen MR) is 104 cm³/mol. The number of hydrogen-bond acceptors (Lipinski definition) is 13. The van der Waals surface area contributed by atoms with Crippen LogP contribution in [-0.2, 0) is 28.5 Å². The first kappa shape index (κ1) is 27.7. The van der Waals surface area contributed by atoms with E-state index in [0.29, 0.717) is 0 Å². The number of rotatable bonds is 9. The van der Waals surface area contributed by atoms with Crippen molar-refractivity contribution in [3.63, 3.8) is 0 Å². The highest BCUT2D eigenvalue weighted by atomic mass is 16.7. The van der Waals surface area contributed by atoms with E-state index in [9.17, 15) is 40.2 Å². The molecule has 2 fully saturated rings.